The molecule has 1 unspecified atom stereocenters. The molecule has 1 aliphatic heterocycles. The van der Waals surface area contributed by atoms with Gasteiger partial charge in [0.25, 0.3) is 0 Å². The van der Waals surface area contributed by atoms with Crippen LogP contribution in [0.4, 0.5) is 10.5 Å². The fourth-order valence-electron chi connectivity index (χ4n) is 3.70. The van der Waals surface area contributed by atoms with Gasteiger partial charge in [-0.05, 0) is 49.3 Å². The van der Waals surface area contributed by atoms with E-state index >= 15 is 0 Å². The van der Waals surface area contributed by atoms with E-state index in [2.05, 4.69) is 18.5 Å². The molecule has 1 saturated heterocycles. The number of ether oxygens (including phenoxy) is 1. The van der Waals surface area contributed by atoms with Crippen LogP contribution in [0.2, 0.25) is 0 Å². The minimum Gasteiger partial charge on any atom is -0.495 e. The molecule has 3 rings (SSSR count). The number of aliphatic hydroxyl groups is 1. The Morgan fingerprint density at radius 1 is 1.22 bits per heavy atom. The molecule has 27 heavy (non-hydrogen) atoms. The average Bonchev–Trinajstić information content (AvgIpc) is 3.18. The number of aliphatic hydroxyl groups excluding tert-OH is 1. The van der Waals surface area contributed by atoms with Gasteiger partial charge in [0.15, 0.2) is 0 Å². The number of carbonyl (C=O) groups is 1. The average molecular weight is 370 g/mol. The summed E-state index contributed by atoms with van der Waals surface area (Å²) in [6.07, 6.45) is 8.54. The van der Waals surface area contributed by atoms with Crippen molar-refractivity contribution in [3.05, 3.63) is 61.2 Å². The first-order valence-electron chi connectivity index (χ1n) is 9.27. The summed E-state index contributed by atoms with van der Waals surface area (Å²) in [5.74, 6) is 1.57. The lowest BCUT2D eigenvalue weighted by Crippen LogP contribution is -2.34. The second kappa shape index (κ2) is 9.97. The number of likely N-dealkylation sites (tertiary alicyclic amines) is 1. The second-order valence-corrected chi connectivity index (χ2v) is 7.04. The van der Waals surface area contributed by atoms with E-state index in [1.807, 2.05) is 42.2 Å². The third kappa shape index (κ3) is 5.73. The van der Waals surface area contributed by atoms with Gasteiger partial charge in [0.2, 0.25) is 0 Å². The van der Waals surface area contributed by atoms with Crippen molar-refractivity contribution >= 4 is 11.7 Å². The van der Waals surface area contributed by atoms with Crippen molar-refractivity contribution in [2.45, 2.75) is 25.9 Å². The topological polar surface area (TPSA) is 61.8 Å². The Kier molecular flexibility index (Phi) is 7.67. The lowest BCUT2D eigenvalue weighted by molar-refractivity contribution is 0.163. The quantitative estimate of drug-likeness (QED) is 0.783. The van der Waals surface area contributed by atoms with E-state index in [1.54, 1.807) is 19.3 Å². The van der Waals surface area contributed by atoms with Crippen molar-refractivity contribution in [3.8, 4) is 5.75 Å². The molecule has 1 aromatic rings. The molecule has 1 aliphatic carbocycles. The summed E-state index contributed by atoms with van der Waals surface area (Å²) in [5.41, 5.74) is 1.78. The summed E-state index contributed by atoms with van der Waals surface area (Å²) in [5, 5.41) is 12.6. The molecule has 1 saturated carbocycles. The molecule has 1 aromatic carbocycles. The Balaban J connectivity index is 0.000000380. The maximum absolute atomic E-state index is 12.4. The smallest absolute Gasteiger partial charge is 0.321 e. The van der Waals surface area contributed by atoms with Crippen LogP contribution in [0.25, 0.3) is 0 Å². The Morgan fingerprint density at radius 3 is 2.33 bits per heavy atom. The number of methoxy groups -OCH3 is 1. The molecule has 2 aliphatic rings. The van der Waals surface area contributed by atoms with Crippen molar-refractivity contribution in [1.82, 2.24) is 4.90 Å². The molecule has 5 nitrogen and oxygen atoms in total. The normalized spacial score (nSPS) is 23.4. The molecule has 0 aromatic heterocycles. The first-order chi connectivity index (χ1) is 13.0. The van der Waals surface area contributed by atoms with Crippen LogP contribution in [-0.4, -0.2) is 42.3 Å². The summed E-state index contributed by atoms with van der Waals surface area (Å²) >= 11 is 0. The number of hydrogen-bond donors (Lipinski definition) is 2. The SMILES string of the molecule is C=C/C=C\C=C.COc1ccc(C)cc1NC(=O)N1C[C@H]2CC(O)C[C@H]2C1. The van der Waals surface area contributed by atoms with Gasteiger partial charge in [-0.15, -0.1) is 0 Å². The van der Waals surface area contributed by atoms with E-state index in [9.17, 15) is 9.90 Å². The van der Waals surface area contributed by atoms with Gasteiger partial charge in [0.05, 0.1) is 18.9 Å². The molecule has 5 heteroatoms. The Labute approximate surface area is 162 Å². The minimum atomic E-state index is -0.179. The maximum Gasteiger partial charge on any atom is 0.321 e. The van der Waals surface area contributed by atoms with Crippen molar-refractivity contribution < 1.29 is 14.6 Å². The lowest BCUT2D eigenvalue weighted by atomic mass is 10.0. The van der Waals surface area contributed by atoms with Gasteiger partial charge in [-0.3, -0.25) is 0 Å². The van der Waals surface area contributed by atoms with Gasteiger partial charge in [-0.25, -0.2) is 4.79 Å². The predicted molar refractivity (Wildman–Crippen MR) is 110 cm³/mol. The first-order valence-corrected chi connectivity index (χ1v) is 9.27. The van der Waals surface area contributed by atoms with Crippen LogP contribution in [-0.2, 0) is 0 Å². The summed E-state index contributed by atoms with van der Waals surface area (Å²) < 4.78 is 5.29. The Morgan fingerprint density at radius 2 is 1.81 bits per heavy atom. The summed E-state index contributed by atoms with van der Waals surface area (Å²) in [6.45, 7) is 10.4. The zero-order valence-electron chi connectivity index (χ0n) is 16.2. The molecule has 3 atom stereocenters. The van der Waals surface area contributed by atoms with E-state index in [1.165, 1.54) is 0 Å². The third-order valence-electron chi connectivity index (χ3n) is 4.99. The first kappa shape index (κ1) is 20.8. The fourth-order valence-corrected chi connectivity index (χ4v) is 3.70. The van der Waals surface area contributed by atoms with E-state index in [0.717, 1.165) is 31.5 Å². The number of rotatable bonds is 4. The lowest BCUT2D eigenvalue weighted by Gasteiger charge is -2.20. The number of nitrogens with zero attached hydrogens (tertiary/aromatic N) is 1. The van der Waals surface area contributed by atoms with E-state index in [0.29, 0.717) is 23.3 Å². The predicted octanol–water partition coefficient (Wildman–Crippen LogP) is 4.15. The summed E-state index contributed by atoms with van der Waals surface area (Å²) in [6, 6.07) is 5.65. The summed E-state index contributed by atoms with van der Waals surface area (Å²) in [4.78, 5) is 14.3. The van der Waals surface area contributed by atoms with E-state index in [4.69, 9.17) is 4.74 Å². The molecule has 2 amide bonds. The number of carbonyl (C=O) groups excluding carboxylic acids is 1. The zero-order valence-corrected chi connectivity index (χ0v) is 16.2. The van der Waals surface area contributed by atoms with Crippen LogP contribution < -0.4 is 10.1 Å². The Bertz CT molecular complexity index is 675. The van der Waals surface area contributed by atoms with Gasteiger partial charge >= 0.3 is 6.03 Å². The molecular formula is C22H30N2O3. The second-order valence-electron chi connectivity index (χ2n) is 7.04. The highest BCUT2D eigenvalue weighted by Gasteiger charge is 2.41. The van der Waals surface area contributed by atoms with Crippen molar-refractivity contribution in [3.63, 3.8) is 0 Å². The van der Waals surface area contributed by atoms with Crippen LogP contribution in [0.3, 0.4) is 0 Å². The summed E-state index contributed by atoms with van der Waals surface area (Å²) in [7, 11) is 1.60. The largest absolute Gasteiger partial charge is 0.495 e. The third-order valence-corrected chi connectivity index (χ3v) is 4.99. The number of nitrogens with one attached hydrogen (secondary N) is 1. The van der Waals surface area contributed by atoms with Crippen LogP contribution >= 0.6 is 0 Å². The number of urea groups is 1. The minimum absolute atomic E-state index is 0.0808. The molecule has 2 N–H and O–H groups in total. The molecule has 2 fully saturated rings. The maximum atomic E-state index is 12.4. The number of fused-ring (bicyclic) bond motifs is 1. The standard InChI is InChI=1S/C16H22N2O3.C6H8/c1-10-3-4-15(21-2)14(5-10)17-16(20)18-8-11-6-13(19)7-12(11)9-18;1-3-5-6-4-2/h3-5,11-13,19H,6-9H2,1-2H3,(H,17,20);3-6H,1-2H2/b;6-5-/t11-,12+,13?;. The van der Waals surface area contributed by atoms with Crippen molar-refractivity contribution in [1.29, 1.82) is 0 Å². The number of hydrogen-bond acceptors (Lipinski definition) is 3. The van der Waals surface area contributed by atoms with Gasteiger partial charge in [0, 0.05) is 13.1 Å². The number of benzene rings is 1. The van der Waals surface area contributed by atoms with Gasteiger partial charge in [-0.2, -0.15) is 0 Å². The van der Waals surface area contributed by atoms with E-state index < -0.39 is 0 Å². The molecular weight excluding hydrogens is 340 g/mol. The highest BCUT2D eigenvalue weighted by Crippen LogP contribution is 2.38. The number of anilines is 1. The molecule has 0 bridgehead atoms. The molecule has 0 spiro atoms. The number of allylic oxidation sites excluding steroid dienone is 4. The van der Waals surface area contributed by atoms with Crippen LogP contribution in [0.15, 0.2) is 55.7 Å². The molecule has 1 heterocycles. The van der Waals surface area contributed by atoms with Crippen molar-refractivity contribution in [2.75, 3.05) is 25.5 Å². The Hall–Kier alpha value is -2.53. The van der Waals surface area contributed by atoms with Crippen LogP contribution in [0, 0.1) is 18.8 Å². The number of amides is 2. The zero-order chi connectivity index (χ0) is 19.8. The van der Waals surface area contributed by atoms with Crippen LogP contribution in [0.1, 0.15) is 18.4 Å². The van der Waals surface area contributed by atoms with Gasteiger partial charge < -0.3 is 20.1 Å². The molecule has 146 valence electrons. The van der Waals surface area contributed by atoms with Gasteiger partial charge in [-0.1, -0.05) is 43.5 Å². The van der Waals surface area contributed by atoms with Gasteiger partial charge in [0.1, 0.15) is 5.75 Å². The molecule has 0 radical (unpaired) electrons. The van der Waals surface area contributed by atoms with E-state index in [-0.39, 0.29) is 12.1 Å². The monoisotopic (exact) mass is 370 g/mol. The highest BCUT2D eigenvalue weighted by molar-refractivity contribution is 5.91. The van der Waals surface area contributed by atoms with Crippen LogP contribution in [0.5, 0.6) is 5.75 Å². The number of aryl methyl sites for hydroxylation is 1. The van der Waals surface area contributed by atoms with Crippen molar-refractivity contribution in [2.24, 2.45) is 11.8 Å². The highest BCUT2D eigenvalue weighted by atomic mass is 16.5. The fraction of sp³-hybridized carbons (Fsp3) is 0.409.